The predicted molar refractivity (Wildman–Crippen MR) is 120 cm³/mol. The van der Waals surface area contributed by atoms with Crippen LogP contribution in [-0.4, -0.2) is 68.8 Å². The first-order valence-electron chi connectivity index (χ1n) is 11.3. The van der Waals surface area contributed by atoms with Gasteiger partial charge in [-0.15, -0.1) is 0 Å². The molecule has 5 rings (SSSR count). The van der Waals surface area contributed by atoms with Crippen molar-refractivity contribution in [2.45, 2.75) is 50.7 Å². The quantitative estimate of drug-likeness (QED) is 0.712. The van der Waals surface area contributed by atoms with Crippen molar-refractivity contribution >= 4 is 29.4 Å². The van der Waals surface area contributed by atoms with Gasteiger partial charge in [-0.3, -0.25) is 14.2 Å². The lowest BCUT2D eigenvalue weighted by atomic mass is 10.0. The Morgan fingerprint density at radius 2 is 1.84 bits per heavy atom. The van der Waals surface area contributed by atoms with E-state index in [1.807, 2.05) is 40.3 Å². The van der Waals surface area contributed by atoms with Crippen LogP contribution in [0, 0.1) is 0 Å². The Bertz CT molecular complexity index is 1040. The largest absolute Gasteiger partial charge is 0.341 e. The zero-order valence-electron chi connectivity index (χ0n) is 18.0. The molecular weight excluding hydrogens is 428 g/mol. The highest BCUT2D eigenvalue weighted by atomic mass is 35.5. The highest BCUT2D eigenvalue weighted by Gasteiger charge is 2.39. The monoisotopic (exact) mass is 454 g/mol. The lowest BCUT2D eigenvalue weighted by molar-refractivity contribution is -0.144. The van der Waals surface area contributed by atoms with Gasteiger partial charge in [-0.2, -0.15) is 0 Å². The number of amides is 3. The Morgan fingerprint density at radius 1 is 1.03 bits per heavy atom. The van der Waals surface area contributed by atoms with Gasteiger partial charge in [0.2, 0.25) is 11.8 Å². The summed E-state index contributed by atoms with van der Waals surface area (Å²) >= 11 is 6.04. The maximum absolute atomic E-state index is 13.3. The summed E-state index contributed by atoms with van der Waals surface area (Å²) in [6.45, 7) is 2.50. The van der Waals surface area contributed by atoms with Gasteiger partial charge in [0.05, 0.1) is 13.0 Å². The number of fused-ring (bicyclic) bond motifs is 1. The molecule has 0 radical (unpaired) electrons. The molecule has 3 amide bonds. The summed E-state index contributed by atoms with van der Waals surface area (Å²) in [5, 5.41) is 0.608. The molecule has 8 heteroatoms. The van der Waals surface area contributed by atoms with Crippen molar-refractivity contribution < 1.29 is 14.4 Å². The highest BCUT2D eigenvalue weighted by Crippen LogP contribution is 2.27. The second kappa shape index (κ2) is 8.62. The van der Waals surface area contributed by atoms with Crippen LogP contribution < -0.4 is 0 Å². The van der Waals surface area contributed by atoms with Crippen LogP contribution >= 0.6 is 11.6 Å². The molecule has 7 nitrogen and oxygen atoms in total. The van der Waals surface area contributed by atoms with E-state index in [2.05, 4.69) is 0 Å². The normalized spacial score (nSPS) is 21.3. The molecule has 0 aliphatic carbocycles. The molecule has 2 saturated heterocycles. The van der Waals surface area contributed by atoms with Crippen molar-refractivity contribution in [1.29, 1.82) is 0 Å². The molecule has 32 heavy (non-hydrogen) atoms. The summed E-state index contributed by atoms with van der Waals surface area (Å²) in [5.74, 6) is 0.0157. The van der Waals surface area contributed by atoms with Crippen molar-refractivity contribution in [1.82, 2.24) is 19.3 Å². The average molecular weight is 455 g/mol. The molecule has 0 bridgehead atoms. The lowest BCUT2D eigenvalue weighted by Gasteiger charge is -2.38. The number of rotatable bonds is 4. The van der Waals surface area contributed by atoms with Crippen molar-refractivity contribution in [3.05, 3.63) is 58.9 Å². The number of nitrogens with zero attached hydrogens (tertiary/aromatic N) is 4. The zero-order chi connectivity index (χ0) is 22.2. The summed E-state index contributed by atoms with van der Waals surface area (Å²) in [6.07, 6.45) is 5.15. The van der Waals surface area contributed by atoms with Crippen molar-refractivity contribution in [2.75, 3.05) is 19.6 Å². The smallest absolute Gasteiger partial charge is 0.329 e. The van der Waals surface area contributed by atoms with Crippen LogP contribution in [0.3, 0.4) is 0 Å². The van der Waals surface area contributed by atoms with Gasteiger partial charge in [-0.05, 0) is 55.5 Å². The van der Waals surface area contributed by atoms with Crippen LogP contribution in [0.25, 0.3) is 0 Å². The van der Waals surface area contributed by atoms with Crippen molar-refractivity contribution in [2.24, 2.45) is 0 Å². The van der Waals surface area contributed by atoms with Gasteiger partial charge in [-0.1, -0.05) is 23.7 Å². The van der Waals surface area contributed by atoms with E-state index in [1.54, 1.807) is 21.6 Å². The summed E-state index contributed by atoms with van der Waals surface area (Å²) in [6, 6.07) is 11.0. The summed E-state index contributed by atoms with van der Waals surface area (Å²) in [4.78, 5) is 44.4. The minimum Gasteiger partial charge on any atom is -0.341 e. The van der Waals surface area contributed by atoms with Crippen LogP contribution in [0.1, 0.15) is 36.9 Å². The Morgan fingerprint density at radius 3 is 2.59 bits per heavy atom. The van der Waals surface area contributed by atoms with Crippen LogP contribution in [0.4, 0.5) is 4.79 Å². The Kier molecular flexibility index (Phi) is 5.67. The number of aromatic nitrogens is 1. The molecule has 0 spiro atoms. The number of carbonyl (C=O) groups is 3. The third kappa shape index (κ3) is 3.90. The molecule has 4 heterocycles. The van der Waals surface area contributed by atoms with E-state index in [1.165, 1.54) is 0 Å². The first kappa shape index (κ1) is 21.1. The first-order chi connectivity index (χ1) is 15.5. The van der Waals surface area contributed by atoms with Gasteiger partial charge in [0.15, 0.2) is 0 Å². The van der Waals surface area contributed by atoms with Crippen molar-refractivity contribution in [3.8, 4) is 0 Å². The number of hydrogen-bond acceptors (Lipinski definition) is 3. The van der Waals surface area contributed by atoms with Crippen molar-refractivity contribution in [3.63, 3.8) is 0 Å². The van der Waals surface area contributed by atoms with Gasteiger partial charge < -0.3 is 14.7 Å². The fourth-order valence-corrected chi connectivity index (χ4v) is 5.46. The first-order valence-corrected chi connectivity index (χ1v) is 11.7. The van der Waals surface area contributed by atoms with E-state index in [0.29, 0.717) is 37.6 Å². The number of likely N-dealkylation sites (tertiary alicyclic amines) is 2. The van der Waals surface area contributed by atoms with Gasteiger partial charge in [0.25, 0.3) is 0 Å². The maximum Gasteiger partial charge on any atom is 0.329 e. The van der Waals surface area contributed by atoms with Gasteiger partial charge in [0.1, 0.15) is 6.04 Å². The van der Waals surface area contributed by atoms with E-state index in [-0.39, 0.29) is 36.3 Å². The zero-order valence-corrected chi connectivity index (χ0v) is 18.7. The number of hydrogen-bond donors (Lipinski definition) is 0. The molecule has 1 aromatic heterocycles. The Balaban J connectivity index is 1.18. The summed E-state index contributed by atoms with van der Waals surface area (Å²) in [5.41, 5.74) is 1.88. The summed E-state index contributed by atoms with van der Waals surface area (Å²) < 4.78 is 1.71. The highest BCUT2D eigenvalue weighted by molar-refractivity contribution is 6.30. The van der Waals surface area contributed by atoms with Crippen LogP contribution in [-0.2, 0) is 22.6 Å². The molecule has 3 aliphatic rings. The third-order valence-corrected chi connectivity index (χ3v) is 7.17. The van der Waals surface area contributed by atoms with Gasteiger partial charge >= 0.3 is 6.03 Å². The van der Waals surface area contributed by atoms with E-state index in [0.717, 1.165) is 30.5 Å². The molecule has 2 aromatic rings. The van der Waals surface area contributed by atoms with Gasteiger partial charge in [-0.25, -0.2) is 4.79 Å². The molecule has 1 aromatic carbocycles. The Hall–Kier alpha value is -2.80. The minimum atomic E-state index is -0.382. The van der Waals surface area contributed by atoms with E-state index in [4.69, 9.17) is 11.6 Å². The molecule has 3 aliphatic heterocycles. The van der Waals surface area contributed by atoms with Crippen LogP contribution in [0.5, 0.6) is 0 Å². The standard InChI is InChI=1S/C24H27ClN4O3/c25-18-5-1-4-17(14-18)15-22(30)28-11-3-7-21(28)23(31)26-12-8-19(9-13-26)29-16-20-6-2-10-27(20)24(29)32/h1-2,4-6,10,14,19,21H,3,7-9,11-13,15-16H2. The number of carbonyl (C=O) groups excluding carboxylic acids is 3. The average Bonchev–Trinajstić information content (AvgIpc) is 3.51. The molecular formula is C24H27ClN4O3. The predicted octanol–water partition coefficient (Wildman–Crippen LogP) is 3.15. The molecule has 1 atom stereocenters. The molecule has 1 unspecified atom stereocenters. The lowest BCUT2D eigenvalue weighted by Crippen LogP contribution is -2.52. The van der Waals surface area contributed by atoms with Gasteiger partial charge in [0, 0.05) is 42.6 Å². The SMILES string of the molecule is O=C(C1CCCN1C(=O)Cc1cccc(Cl)c1)N1CCC(N2Cc3cccn3C2=O)CC1. The molecule has 0 N–H and O–H groups in total. The topological polar surface area (TPSA) is 65.9 Å². The second-order valence-corrected chi connectivity index (χ2v) is 9.32. The molecule has 168 valence electrons. The third-order valence-electron chi connectivity index (χ3n) is 6.94. The molecule has 0 saturated carbocycles. The minimum absolute atomic E-state index is 0.0254. The number of halogens is 1. The van der Waals surface area contributed by atoms with E-state index >= 15 is 0 Å². The summed E-state index contributed by atoms with van der Waals surface area (Å²) in [7, 11) is 0. The maximum atomic E-state index is 13.3. The Labute approximate surface area is 192 Å². The van der Waals surface area contributed by atoms with E-state index in [9.17, 15) is 14.4 Å². The number of piperidine rings is 1. The number of benzene rings is 1. The van der Waals surface area contributed by atoms with Crippen LogP contribution in [0.15, 0.2) is 42.6 Å². The molecule has 2 fully saturated rings. The fraction of sp³-hybridized carbons (Fsp3) is 0.458. The second-order valence-electron chi connectivity index (χ2n) is 8.89. The van der Waals surface area contributed by atoms with Crippen LogP contribution in [0.2, 0.25) is 5.02 Å². The fourth-order valence-electron chi connectivity index (χ4n) is 5.25. The van der Waals surface area contributed by atoms with E-state index < -0.39 is 0 Å².